The third-order valence-corrected chi connectivity index (χ3v) is 4.56. The van der Waals surface area contributed by atoms with Crippen molar-refractivity contribution in [2.24, 2.45) is 0 Å². The fourth-order valence-corrected chi connectivity index (χ4v) is 2.00. The van der Waals surface area contributed by atoms with Crippen LogP contribution in [0.15, 0.2) is 6.20 Å². The van der Waals surface area contributed by atoms with Crippen molar-refractivity contribution in [3.05, 3.63) is 24.6 Å². The Bertz CT molecular complexity index is 341. The van der Waals surface area contributed by atoms with Gasteiger partial charge in [0.15, 0.2) is 5.69 Å². The molecule has 0 fully saturated rings. The Morgan fingerprint density at radius 1 is 1.64 bits per heavy atom. The quantitative estimate of drug-likeness (QED) is 0.750. The molecule has 0 aromatic carbocycles. The number of hydrogen-bond donors (Lipinski definition) is 2. The Labute approximate surface area is 84.4 Å². The highest BCUT2D eigenvalue weighted by molar-refractivity contribution is 6.77. The van der Waals surface area contributed by atoms with Gasteiger partial charge < -0.3 is 10.1 Å². The molecular formula is C9H15N2O2Si. The van der Waals surface area contributed by atoms with Gasteiger partial charge in [-0.1, -0.05) is 19.6 Å². The molecule has 1 aromatic rings. The molecule has 0 bridgehead atoms. The van der Waals surface area contributed by atoms with Gasteiger partial charge in [-0.15, -0.1) is 0 Å². The zero-order chi connectivity index (χ0) is 10.9. The number of carboxylic acid groups (broad SMARTS) is 1. The van der Waals surface area contributed by atoms with Crippen LogP contribution in [-0.2, 0) is 0 Å². The van der Waals surface area contributed by atoms with Crippen LogP contribution in [0.5, 0.6) is 0 Å². The van der Waals surface area contributed by atoms with Crippen LogP contribution in [0.4, 0.5) is 0 Å². The summed E-state index contributed by atoms with van der Waals surface area (Å²) < 4.78 is 0. The van der Waals surface area contributed by atoms with Gasteiger partial charge in [0.2, 0.25) is 0 Å². The molecule has 0 saturated carbocycles. The standard InChI is InChI=1S/C9H15N2O2Si/c1-6(14(2,3)4)8-10-5-7(11-8)9(12)13/h5-6H,1H2,2-4H3,(H,10,11)(H,12,13). The Hall–Kier alpha value is -1.10. The van der Waals surface area contributed by atoms with Gasteiger partial charge >= 0.3 is 5.97 Å². The zero-order valence-electron chi connectivity index (χ0n) is 8.66. The molecule has 14 heavy (non-hydrogen) atoms. The third kappa shape index (κ3) is 2.23. The molecule has 0 aliphatic heterocycles. The summed E-state index contributed by atoms with van der Waals surface area (Å²) >= 11 is 0. The Balaban J connectivity index is 2.92. The molecular weight excluding hydrogens is 196 g/mol. The van der Waals surface area contributed by atoms with Gasteiger partial charge in [0, 0.05) is 11.7 Å². The van der Waals surface area contributed by atoms with Crippen LogP contribution >= 0.6 is 0 Å². The summed E-state index contributed by atoms with van der Waals surface area (Å²) in [5.74, 6) is -0.322. The largest absolute Gasteiger partial charge is 0.476 e. The van der Waals surface area contributed by atoms with Crippen molar-refractivity contribution in [3.63, 3.8) is 0 Å². The molecule has 5 heteroatoms. The van der Waals surface area contributed by atoms with Crippen molar-refractivity contribution in [2.75, 3.05) is 0 Å². The first-order valence-electron chi connectivity index (χ1n) is 4.44. The molecule has 0 amide bonds. The van der Waals surface area contributed by atoms with Gasteiger partial charge in [-0.05, 0) is 6.92 Å². The topological polar surface area (TPSA) is 66.0 Å². The minimum absolute atomic E-state index is 0.0619. The summed E-state index contributed by atoms with van der Waals surface area (Å²) in [6, 6.07) is 0. The molecule has 1 aromatic heterocycles. The van der Waals surface area contributed by atoms with E-state index in [9.17, 15) is 4.79 Å². The number of H-pyrrole nitrogens is 1. The number of nitrogens with one attached hydrogen (secondary N) is 1. The molecule has 0 aliphatic carbocycles. The van der Waals surface area contributed by atoms with Gasteiger partial charge in [0.05, 0.1) is 8.07 Å². The molecule has 1 atom stereocenters. The normalized spacial score (nSPS) is 14.0. The van der Waals surface area contributed by atoms with E-state index in [1.54, 1.807) is 0 Å². The van der Waals surface area contributed by atoms with Crippen molar-refractivity contribution in [1.29, 1.82) is 0 Å². The van der Waals surface area contributed by atoms with E-state index >= 15 is 0 Å². The maximum absolute atomic E-state index is 10.6. The van der Waals surface area contributed by atoms with Gasteiger partial charge in [-0.2, -0.15) is 0 Å². The number of hydrogen-bond acceptors (Lipinski definition) is 2. The van der Waals surface area contributed by atoms with Crippen LogP contribution in [0.3, 0.4) is 0 Å². The van der Waals surface area contributed by atoms with E-state index in [1.165, 1.54) is 6.20 Å². The van der Waals surface area contributed by atoms with Crippen molar-refractivity contribution < 1.29 is 9.90 Å². The predicted octanol–water partition coefficient (Wildman–Crippen LogP) is 1.90. The van der Waals surface area contributed by atoms with Gasteiger partial charge in [0.25, 0.3) is 0 Å². The summed E-state index contributed by atoms with van der Waals surface area (Å²) in [4.78, 5) is 17.5. The first-order chi connectivity index (χ1) is 6.32. The smallest absolute Gasteiger partial charge is 0.356 e. The Kier molecular flexibility index (Phi) is 2.80. The third-order valence-electron chi connectivity index (χ3n) is 2.19. The maximum atomic E-state index is 10.6. The van der Waals surface area contributed by atoms with Crippen LogP contribution in [0.1, 0.15) is 21.9 Å². The van der Waals surface area contributed by atoms with Crippen molar-refractivity contribution in [2.45, 2.75) is 25.2 Å². The number of carboxylic acids is 1. The molecule has 0 saturated heterocycles. The number of nitrogens with zero attached hydrogens (tertiary/aromatic N) is 1. The average molecular weight is 211 g/mol. The number of aromatic nitrogens is 2. The highest BCUT2D eigenvalue weighted by atomic mass is 28.3. The lowest BCUT2D eigenvalue weighted by molar-refractivity contribution is 0.0691. The number of imidazole rings is 1. The van der Waals surface area contributed by atoms with E-state index in [1.807, 2.05) is 0 Å². The van der Waals surface area contributed by atoms with Crippen LogP contribution < -0.4 is 0 Å². The minimum atomic E-state index is -1.42. The highest BCUT2D eigenvalue weighted by Gasteiger charge is 2.26. The second kappa shape index (κ2) is 3.57. The minimum Gasteiger partial charge on any atom is -0.476 e. The molecule has 1 radical (unpaired) electrons. The number of aromatic amines is 1. The number of carbonyl (C=O) groups is 1. The lowest BCUT2D eigenvalue weighted by Gasteiger charge is -2.22. The number of aromatic carboxylic acids is 1. The lowest BCUT2D eigenvalue weighted by Crippen LogP contribution is -2.29. The Morgan fingerprint density at radius 3 is 2.57 bits per heavy atom. The van der Waals surface area contributed by atoms with Crippen molar-refractivity contribution >= 4 is 14.0 Å². The second-order valence-electron chi connectivity index (χ2n) is 4.39. The summed E-state index contributed by atoms with van der Waals surface area (Å²) in [6.07, 6.45) is 1.41. The molecule has 0 aliphatic rings. The van der Waals surface area contributed by atoms with E-state index in [0.717, 1.165) is 0 Å². The van der Waals surface area contributed by atoms with Crippen molar-refractivity contribution in [3.8, 4) is 0 Å². The van der Waals surface area contributed by atoms with Crippen LogP contribution in [-0.4, -0.2) is 29.1 Å². The van der Waals surface area contributed by atoms with Crippen molar-refractivity contribution in [1.82, 2.24) is 9.97 Å². The average Bonchev–Trinajstić information content (AvgIpc) is 2.48. The van der Waals surface area contributed by atoms with Gasteiger partial charge in [-0.3, -0.25) is 0 Å². The molecule has 1 heterocycles. The first-order valence-corrected chi connectivity index (χ1v) is 8.02. The SMILES string of the molecule is [CH2]C(c1nc(C(=O)O)c[nH]1)[Si](C)(C)C. The highest BCUT2D eigenvalue weighted by Crippen LogP contribution is 2.23. The van der Waals surface area contributed by atoms with Crippen LogP contribution in [0.25, 0.3) is 0 Å². The van der Waals surface area contributed by atoms with Gasteiger partial charge in [0.1, 0.15) is 5.82 Å². The van der Waals surface area contributed by atoms with Crippen LogP contribution in [0.2, 0.25) is 19.6 Å². The number of rotatable bonds is 3. The summed E-state index contributed by atoms with van der Waals surface area (Å²) in [7, 11) is -1.42. The molecule has 2 N–H and O–H groups in total. The van der Waals surface area contributed by atoms with E-state index in [-0.39, 0.29) is 11.2 Å². The molecule has 77 valence electrons. The first kappa shape index (κ1) is 11.0. The lowest BCUT2D eigenvalue weighted by atomic mass is 10.4. The zero-order valence-corrected chi connectivity index (χ0v) is 9.66. The van der Waals surface area contributed by atoms with E-state index in [0.29, 0.717) is 5.82 Å². The predicted molar refractivity (Wildman–Crippen MR) is 57.0 cm³/mol. The summed E-state index contributed by atoms with van der Waals surface area (Å²) in [6.45, 7) is 10.5. The molecule has 0 spiro atoms. The molecule has 1 rings (SSSR count). The summed E-state index contributed by atoms with van der Waals surface area (Å²) in [5, 5.41) is 8.69. The fourth-order valence-electron chi connectivity index (χ4n) is 1.03. The fraction of sp³-hybridized carbons (Fsp3) is 0.444. The van der Waals surface area contributed by atoms with E-state index in [2.05, 4.69) is 36.5 Å². The summed E-state index contributed by atoms with van der Waals surface area (Å²) in [5.41, 5.74) is 0.155. The second-order valence-corrected chi connectivity index (χ2v) is 9.82. The Morgan fingerprint density at radius 2 is 2.21 bits per heavy atom. The van der Waals surface area contributed by atoms with Gasteiger partial charge in [-0.25, -0.2) is 9.78 Å². The van der Waals surface area contributed by atoms with E-state index in [4.69, 9.17) is 5.11 Å². The van der Waals surface area contributed by atoms with Crippen LogP contribution in [0, 0.1) is 6.92 Å². The molecule has 4 nitrogen and oxygen atoms in total. The molecule has 1 unspecified atom stereocenters. The monoisotopic (exact) mass is 211 g/mol. The van der Waals surface area contributed by atoms with E-state index < -0.39 is 14.0 Å². The maximum Gasteiger partial charge on any atom is 0.356 e.